The van der Waals surface area contributed by atoms with Gasteiger partial charge >= 0.3 is 5.97 Å². The van der Waals surface area contributed by atoms with Crippen molar-refractivity contribution in [3.63, 3.8) is 0 Å². The zero-order valence-electron chi connectivity index (χ0n) is 15.0. The van der Waals surface area contributed by atoms with E-state index in [1.54, 1.807) is 0 Å². The maximum atomic E-state index is 12.1. The van der Waals surface area contributed by atoms with Crippen molar-refractivity contribution in [3.8, 4) is 11.3 Å². The number of hydrogen-bond acceptors (Lipinski definition) is 2. The first-order chi connectivity index (χ1) is 12.1. The molecular weight excluding hydrogens is 310 g/mol. The number of aryl methyl sites for hydroxylation is 1. The van der Waals surface area contributed by atoms with Gasteiger partial charge < -0.3 is 9.30 Å². The smallest absolute Gasteiger partial charge is 0.306 e. The molecule has 0 spiro atoms. The van der Waals surface area contributed by atoms with E-state index in [2.05, 4.69) is 66.9 Å². The van der Waals surface area contributed by atoms with Crippen LogP contribution in [0.4, 0.5) is 0 Å². The van der Waals surface area contributed by atoms with Gasteiger partial charge in [0.15, 0.2) is 0 Å². The van der Waals surface area contributed by atoms with Gasteiger partial charge in [-0.3, -0.25) is 4.79 Å². The van der Waals surface area contributed by atoms with Gasteiger partial charge in [-0.25, -0.2) is 0 Å². The molecule has 2 heterocycles. The highest BCUT2D eigenvalue weighted by atomic mass is 16.5. The van der Waals surface area contributed by atoms with E-state index in [9.17, 15) is 4.79 Å². The normalized spacial score (nSPS) is 18.7. The van der Waals surface area contributed by atoms with Crippen molar-refractivity contribution in [3.05, 3.63) is 59.7 Å². The summed E-state index contributed by atoms with van der Waals surface area (Å²) in [5, 5.41) is 1.32. The van der Waals surface area contributed by atoms with Crippen molar-refractivity contribution in [2.24, 2.45) is 0 Å². The average molecular weight is 333 g/mol. The molecule has 0 amide bonds. The van der Waals surface area contributed by atoms with Crippen LogP contribution in [0.3, 0.4) is 0 Å². The second kappa shape index (κ2) is 5.76. The first kappa shape index (κ1) is 15.9. The number of carbonyl (C=O) groups is 1. The monoisotopic (exact) mass is 333 g/mol. The summed E-state index contributed by atoms with van der Waals surface area (Å²) in [4.78, 5) is 12.1. The highest BCUT2D eigenvalue weighted by molar-refractivity contribution is 5.93. The molecule has 0 N–H and O–H groups in total. The number of nitrogens with zero attached hydrogens (tertiary/aromatic N) is 1. The molecular formula is C22H23NO2. The zero-order valence-corrected chi connectivity index (χ0v) is 15.0. The number of benzene rings is 2. The molecule has 1 aliphatic heterocycles. The molecule has 1 unspecified atom stereocenters. The minimum absolute atomic E-state index is 0.159. The second-order valence-corrected chi connectivity index (χ2v) is 7.14. The van der Waals surface area contributed by atoms with Crippen molar-refractivity contribution < 1.29 is 9.53 Å². The number of fused-ring (bicyclic) bond motifs is 5. The Morgan fingerprint density at radius 1 is 1.16 bits per heavy atom. The number of methoxy groups -OCH3 is 1. The molecule has 3 aromatic rings. The summed E-state index contributed by atoms with van der Waals surface area (Å²) in [5.74, 6) is -0.159. The Bertz CT molecular complexity index is 969. The Balaban J connectivity index is 2.02. The Hall–Kier alpha value is -2.55. The number of aromatic nitrogens is 1. The van der Waals surface area contributed by atoms with Crippen LogP contribution >= 0.6 is 0 Å². The Kier molecular flexibility index (Phi) is 3.68. The summed E-state index contributed by atoms with van der Waals surface area (Å²) < 4.78 is 7.39. The lowest BCUT2D eigenvalue weighted by atomic mass is 9.74. The van der Waals surface area contributed by atoms with Gasteiger partial charge in [0, 0.05) is 28.4 Å². The van der Waals surface area contributed by atoms with Gasteiger partial charge in [0.1, 0.15) is 0 Å². The molecule has 25 heavy (non-hydrogen) atoms. The molecule has 0 saturated heterocycles. The van der Waals surface area contributed by atoms with Crippen LogP contribution in [0, 0.1) is 0 Å². The maximum absolute atomic E-state index is 12.1. The van der Waals surface area contributed by atoms with Gasteiger partial charge in [-0.15, -0.1) is 0 Å². The largest absolute Gasteiger partial charge is 0.469 e. The molecule has 1 atom stereocenters. The van der Waals surface area contributed by atoms with Gasteiger partial charge in [-0.2, -0.15) is 0 Å². The van der Waals surface area contributed by atoms with E-state index < -0.39 is 0 Å². The van der Waals surface area contributed by atoms with Crippen LogP contribution in [0.15, 0.2) is 48.5 Å². The summed E-state index contributed by atoms with van der Waals surface area (Å²) in [6, 6.07) is 17.1. The molecule has 0 radical (unpaired) electrons. The predicted molar refractivity (Wildman–Crippen MR) is 101 cm³/mol. The van der Waals surface area contributed by atoms with Crippen molar-refractivity contribution in [1.29, 1.82) is 0 Å². The highest BCUT2D eigenvalue weighted by Crippen LogP contribution is 2.46. The van der Waals surface area contributed by atoms with Gasteiger partial charge in [0.25, 0.3) is 0 Å². The van der Waals surface area contributed by atoms with Crippen molar-refractivity contribution in [2.75, 3.05) is 7.11 Å². The number of hydrogen-bond donors (Lipinski definition) is 0. The number of para-hydroxylation sites is 1. The van der Waals surface area contributed by atoms with E-state index in [-0.39, 0.29) is 11.4 Å². The van der Waals surface area contributed by atoms with Crippen LogP contribution < -0.4 is 0 Å². The fourth-order valence-corrected chi connectivity index (χ4v) is 4.40. The molecule has 2 aromatic carbocycles. The van der Waals surface area contributed by atoms with E-state index in [1.807, 2.05) is 0 Å². The highest BCUT2D eigenvalue weighted by Gasteiger charge is 2.38. The van der Waals surface area contributed by atoms with Crippen LogP contribution in [0.25, 0.3) is 22.2 Å². The van der Waals surface area contributed by atoms with E-state index in [1.165, 1.54) is 40.4 Å². The van der Waals surface area contributed by atoms with Crippen molar-refractivity contribution in [1.82, 2.24) is 4.57 Å². The molecule has 3 heteroatoms. The summed E-state index contributed by atoms with van der Waals surface area (Å²) in [6.07, 6.45) is 1.37. The lowest BCUT2D eigenvalue weighted by Crippen LogP contribution is -2.35. The molecule has 0 fully saturated rings. The minimum atomic E-state index is -0.274. The van der Waals surface area contributed by atoms with Crippen LogP contribution in [0.1, 0.15) is 31.4 Å². The van der Waals surface area contributed by atoms with Crippen LogP contribution in [-0.4, -0.2) is 17.6 Å². The minimum Gasteiger partial charge on any atom is -0.469 e. The molecule has 0 aliphatic carbocycles. The summed E-state index contributed by atoms with van der Waals surface area (Å²) in [5.41, 5.74) is 6.16. The van der Waals surface area contributed by atoms with Crippen LogP contribution in [0.2, 0.25) is 0 Å². The molecule has 1 aliphatic rings. The SMILES string of the molecule is CCc1c2n(c3ccccc13)CC(C)(CC(=O)OC)c1ccccc1-2. The molecule has 1 aromatic heterocycles. The average Bonchev–Trinajstić information content (AvgIpc) is 2.95. The maximum Gasteiger partial charge on any atom is 0.306 e. The van der Waals surface area contributed by atoms with Crippen LogP contribution in [-0.2, 0) is 27.9 Å². The third-order valence-electron chi connectivity index (χ3n) is 5.53. The molecule has 4 rings (SSSR count). The first-order valence-electron chi connectivity index (χ1n) is 8.86. The third kappa shape index (κ3) is 2.30. The van der Waals surface area contributed by atoms with Crippen molar-refractivity contribution >= 4 is 16.9 Å². The van der Waals surface area contributed by atoms with Gasteiger partial charge in [-0.1, -0.05) is 56.3 Å². The van der Waals surface area contributed by atoms with Gasteiger partial charge in [0.2, 0.25) is 0 Å². The van der Waals surface area contributed by atoms with Crippen LogP contribution in [0.5, 0.6) is 0 Å². The summed E-state index contributed by atoms with van der Waals surface area (Å²) in [7, 11) is 1.46. The van der Waals surface area contributed by atoms with Crippen molar-refractivity contribution in [2.45, 2.75) is 38.6 Å². The number of esters is 1. The summed E-state index contributed by atoms with van der Waals surface area (Å²) >= 11 is 0. The third-order valence-corrected chi connectivity index (χ3v) is 5.53. The van der Waals surface area contributed by atoms with Gasteiger partial charge in [0.05, 0.1) is 19.2 Å². The molecule has 0 bridgehead atoms. The topological polar surface area (TPSA) is 31.2 Å². The van der Waals surface area contributed by atoms with E-state index in [0.717, 1.165) is 13.0 Å². The summed E-state index contributed by atoms with van der Waals surface area (Å²) in [6.45, 7) is 5.18. The molecule has 0 saturated carbocycles. The first-order valence-corrected chi connectivity index (χ1v) is 8.86. The van der Waals surface area contributed by atoms with E-state index in [0.29, 0.717) is 6.42 Å². The quantitative estimate of drug-likeness (QED) is 0.650. The lowest BCUT2D eigenvalue weighted by Gasteiger charge is -2.37. The van der Waals surface area contributed by atoms with E-state index >= 15 is 0 Å². The van der Waals surface area contributed by atoms with E-state index in [4.69, 9.17) is 4.74 Å². The second-order valence-electron chi connectivity index (χ2n) is 7.14. The van der Waals surface area contributed by atoms with Gasteiger partial charge in [-0.05, 0) is 23.6 Å². The fourth-order valence-electron chi connectivity index (χ4n) is 4.40. The molecule has 128 valence electrons. The predicted octanol–water partition coefficient (Wildman–Crippen LogP) is 4.71. The number of ether oxygens (including phenoxy) is 1. The number of rotatable bonds is 3. The zero-order chi connectivity index (χ0) is 17.6. The Morgan fingerprint density at radius 2 is 1.88 bits per heavy atom. The molecule has 3 nitrogen and oxygen atoms in total. The Morgan fingerprint density at radius 3 is 2.64 bits per heavy atom. The standard InChI is InChI=1S/C22H23NO2/c1-4-15-16-9-6-8-12-19(16)23-14-22(2,13-20(24)25-3)18-11-7-5-10-17(18)21(15)23/h5-12H,4,13-14H2,1-3H3. The number of carbonyl (C=O) groups excluding carboxylic acids is 1. The Labute approximate surface area is 148 Å². The lowest BCUT2D eigenvalue weighted by molar-refractivity contribution is -0.142. The fraction of sp³-hybridized carbons (Fsp3) is 0.318.